The van der Waals surface area contributed by atoms with Gasteiger partial charge in [-0.25, -0.2) is 23.2 Å². The van der Waals surface area contributed by atoms with Crippen molar-refractivity contribution >= 4 is 34.8 Å². The van der Waals surface area contributed by atoms with Gasteiger partial charge in [-0.3, -0.25) is 4.52 Å². The summed E-state index contributed by atoms with van der Waals surface area (Å²) in [5, 5.41) is 24.4. The maximum Gasteiger partial charge on any atom is 0.490 e. The number of aromatic nitrogens is 3. The van der Waals surface area contributed by atoms with Crippen molar-refractivity contribution in [3.05, 3.63) is 24.2 Å². The maximum absolute atomic E-state index is 11.9. The Hall–Kier alpha value is -1.76. The van der Waals surface area contributed by atoms with Gasteiger partial charge in [0.25, 0.3) is 0 Å². The molecular weight excluding hydrogens is 511 g/mol. The smallest absolute Gasteiger partial charge is 0.389 e. The zero-order valence-electron chi connectivity index (χ0n) is 16.5. The van der Waals surface area contributed by atoms with Gasteiger partial charge in [-0.05, 0) is 19.1 Å². The molecule has 6 atom stereocenters. The summed E-state index contributed by atoms with van der Waals surface area (Å²) in [4.78, 5) is 39.7. The minimum Gasteiger partial charge on any atom is -0.389 e. The zero-order chi connectivity index (χ0) is 24.8. The number of nitriles is 1. The highest BCUT2D eigenvalue weighted by molar-refractivity contribution is 7.66. The maximum atomic E-state index is 11.9. The first-order valence-electron chi connectivity index (χ1n) is 8.70. The number of aliphatic hydroxyl groups is 1. The summed E-state index contributed by atoms with van der Waals surface area (Å²) in [5.74, 6) is 0.137. The molecule has 1 aliphatic heterocycles. The summed E-state index contributed by atoms with van der Waals surface area (Å²) >= 11 is 0. The van der Waals surface area contributed by atoms with Crippen molar-refractivity contribution in [3.8, 4) is 6.07 Å². The van der Waals surface area contributed by atoms with E-state index >= 15 is 0 Å². The number of nitrogens with two attached hydrogens (primary N) is 1. The molecule has 1 saturated heterocycles. The third-order valence-electron chi connectivity index (χ3n) is 4.66. The SMILES string of the molecule is C[C@@]1(C#N)[C@H](O)C(COP(=O)(O)OP(=O)(O)OP(=O)(O)O)O[C@H]1c1ccc2c(N)ncnn12. The molecule has 0 amide bonds. The highest BCUT2D eigenvalue weighted by atomic mass is 31.3. The molecule has 182 valence electrons. The van der Waals surface area contributed by atoms with Crippen LogP contribution >= 0.6 is 23.5 Å². The van der Waals surface area contributed by atoms with Crippen molar-refractivity contribution in [2.75, 3.05) is 12.3 Å². The molecule has 2 aromatic rings. The summed E-state index contributed by atoms with van der Waals surface area (Å²) in [5.41, 5.74) is 4.86. The van der Waals surface area contributed by atoms with E-state index in [2.05, 4.69) is 23.2 Å². The normalized spacial score (nSPS) is 29.4. The number of nitrogens with zero attached hydrogens (tertiary/aromatic N) is 4. The number of aliphatic hydroxyl groups excluding tert-OH is 1. The minimum absolute atomic E-state index is 0.137. The Morgan fingerprint density at radius 3 is 2.52 bits per heavy atom. The molecule has 33 heavy (non-hydrogen) atoms. The Morgan fingerprint density at radius 2 is 1.91 bits per heavy atom. The van der Waals surface area contributed by atoms with Crippen LogP contribution in [-0.4, -0.2) is 58.1 Å². The van der Waals surface area contributed by atoms with Crippen LogP contribution in [0.15, 0.2) is 18.5 Å². The van der Waals surface area contributed by atoms with Gasteiger partial charge in [0.15, 0.2) is 5.82 Å². The van der Waals surface area contributed by atoms with E-state index in [1.807, 2.05) is 6.07 Å². The number of fused-ring (bicyclic) bond motifs is 1. The summed E-state index contributed by atoms with van der Waals surface area (Å²) in [6.07, 6.45) is -2.99. The highest BCUT2D eigenvalue weighted by Gasteiger charge is 2.56. The van der Waals surface area contributed by atoms with Gasteiger partial charge in [-0.1, -0.05) is 0 Å². The number of rotatable bonds is 8. The molecule has 1 fully saturated rings. The van der Waals surface area contributed by atoms with E-state index in [9.17, 15) is 33.9 Å². The molecule has 3 unspecified atom stereocenters. The molecule has 0 bridgehead atoms. The number of ether oxygens (including phenoxy) is 1. The van der Waals surface area contributed by atoms with Gasteiger partial charge in [0.1, 0.15) is 35.6 Å². The van der Waals surface area contributed by atoms with Crippen LogP contribution in [0.4, 0.5) is 5.82 Å². The number of phosphoric ester groups is 1. The molecule has 17 nitrogen and oxygen atoms in total. The van der Waals surface area contributed by atoms with Crippen molar-refractivity contribution in [2.45, 2.75) is 25.2 Å². The molecular formula is C13H18N5O12P3. The molecule has 0 aliphatic carbocycles. The van der Waals surface area contributed by atoms with E-state index in [1.54, 1.807) is 6.07 Å². The standard InChI is InChI=1S/C13H18N5O12P3/c1-13(5-14)10(19)9(4-27-32(23,24)30-33(25,26)29-31(20,21)22)28-11(13)7-2-3-8-12(15)16-6-17-18(7)8/h2-3,6,9-11,19H,4H2,1H3,(H,23,24)(H,25,26)(H2,15,16,17)(H2,20,21,22)/t9?,10-,11+,13-/m1/s1. The molecule has 0 radical (unpaired) electrons. The Balaban J connectivity index is 1.79. The van der Waals surface area contributed by atoms with Gasteiger partial charge >= 0.3 is 23.5 Å². The monoisotopic (exact) mass is 529 g/mol. The zero-order valence-corrected chi connectivity index (χ0v) is 19.2. The van der Waals surface area contributed by atoms with Gasteiger partial charge in [0, 0.05) is 0 Å². The number of nitrogen functional groups attached to an aromatic ring is 1. The van der Waals surface area contributed by atoms with Crippen molar-refractivity contribution < 1.29 is 56.3 Å². The molecule has 0 spiro atoms. The van der Waals surface area contributed by atoms with Crippen LogP contribution in [-0.2, 0) is 31.6 Å². The van der Waals surface area contributed by atoms with E-state index in [0.717, 1.165) is 6.33 Å². The largest absolute Gasteiger partial charge is 0.490 e. The first kappa shape index (κ1) is 25.9. The highest BCUT2D eigenvalue weighted by Crippen LogP contribution is 2.66. The Bertz CT molecular complexity index is 1240. The summed E-state index contributed by atoms with van der Waals surface area (Å²) in [6.45, 7) is 0.427. The first-order valence-corrected chi connectivity index (χ1v) is 13.2. The molecule has 7 N–H and O–H groups in total. The van der Waals surface area contributed by atoms with Gasteiger partial charge in [-0.15, -0.1) is 0 Å². The van der Waals surface area contributed by atoms with Crippen molar-refractivity contribution in [2.24, 2.45) is 5.41 Å². The predicted molar refractivity (Wildman–Crippen MR) is 105 cm³/mol. The molecule has 0 aromatic carbocycles. The van der Waals surface area contributed by atoms with E-state index in [1.165, 1.54) is 17.5 Å². The number of anilines is 1. The third kappa shape index (κ3) is 5.50. The molecule has 20 heteroatoms. The second-order valence-corrected chi connectivity index (χ2v) is 11.4. The quantitative estimate of drug-likeness (QED) is 0.245. The van der Waals surface area contributed by atoms with E-state index in [0.29, 0.717) is 11.2 Å². The fourth-order valence-electron chi connectivity index (χ4n) is 3.21. The minimum atomic E-state index is -5.71. The predicted octanol–water partition coefficient (Wildman–Crippen LogP) is -0.0145. The van der Waals surface area contributed by atoms with E-state index < -0.39 is 53.8 Å². The Morgan fingerprint density at radius 1 is 1.24 bits per heavy atom. The van der Waals surface area contributed by atoms with Crippen LogP contribution in [0, 0.1) is 16.7 Å². The number of hydrogen-bond acceptors (Lipinski definition) is 12. The van der Waals surface area contributed by atoms with Crippen molar-refractivity contribution in [1.29, 1.82) is 5.26 Å². The average Bonchev–Trinajstić information content (AvgIpc) is 3.18. The molecule has 3 heterocycles. The van der Waals surface area contributed by atoms with Crippen LogP contribution in [0.5, 0.6) is 0 Å². The lowest BCUT2D eigenvalue weighted by Gasteiger charge is -2.24. The van der Waals surface area contributed by atoms with Gasteiger partial charge in [-0.2, -0.15) is 19.0 Å². The van der Waals surface area contributed by atoms with Gasteiger partial charge in [0.2, 0.25) is 0 Å². The van der Waals surface area contributed by atoms with Crippen LogP contribution < -0.4 is 5.73 Å². The lowest BCUT2D eigenvalue weighted by Crippen LogP contribution is -2.36. The average molecular weight is 529 g/mol. The fourth-order valence-corrected chi connectivity index (χ4v) is 6.24. The van der Waals surface area contributed by atoms with Crippen LogP contribution in [0.25, 0.3) is 5.52 Å². The topological polar surface area (TPSA) is 269 Å². The fraction of sp³-hybridized carbons (Fsp3) is 0.462. The van der Waals surface area contributed by atoms with E-state index in [-0.39, 0.29) is 5.82 Å². The molecule has 1 aliphatic rings. The van der Waals surface area contributed by atoms with Gasteiger partial charge < -0.3 is 35.2 Å². The number of hydrogen-bond donors (Lipinski definition) is 6. The summed E-state index contributed by atoms with van der Waals surface area (Å²) in [7, 11) is -16.7. The van der Waals surface area contributed by atoms with Crippen LogP contribution in [0.2, 0.25) is 0 Å². The second kappa shape index (κ2) is 8.79. The lowest BCUT2D eigenvalue weighted by molar-refractivity contribution is -0.0236. The summed E-state index contributed by atoms with van der Waals surface area (Å²) < 4.78 is 52.8. The molecule has 3 rings (SSSR count). The first-order chi connectivity index (χ1) is 15.1. The molecule has 0 saturated carbocycles. The van der Waals surface area contributed by atoms with Crippen molar-refractivity contribution in [1.82, 2.24) is 14.6 Å². The second-order valence-electron chi connectivity index (χ2n) is 6.98. The Labute approximate surface area is 184 Å². The van der Waals surface area contributed by atoms with Crippen molar-refractivity contribution in [3.63, 3.8) is 0 Å². The van der Waals surface area contributed by atoms with Gasteiger partial charge in [0.05, 0.1) is 18.4 Å². The van der Waals surface area contributed by atoms with E-state index in [4.69, 9.17) is 20.3 Å². The molecule has 2 aromatic heterocycles. The van der Waals surface area contributed by atoms with Crippen LogP contribution in [0.3, 0.4) is 0 Å². The lowest BCUT2D eigenvalue weighted by atomic mass is 9.79. The third-order valence-corrected chi connectivity index (χ3v) is 8.46. The number of phosphoric acid groups is 3. The summed E-state index contributed by atoms with van der Waals surface area (Å²) in [6, 6.07) is 5.01. The van der Waals surface area contributed by atoms with Crippen LogP contribution in [0.1, 0.15) is 18.7 Å². The Kier molecular flexibility index (Phi) is 6.89.